The second-order valence-electron chi connectivity index (χ2n) is 4.99. The molecule has 0 saturated carbocycles. The summed E-state index contributed by atoms with van der Waals surface area (Å²) in [4.78, 5) is 26.9. The largest absolute Gasteiger partial charge is 0.396 e. The van der Waals surface area contributed by atoms with Crippen molar-refractivity contribution in [2.24, 2.45) is 0 Å². The standard InChI is InChI=1S/C15H15Cl2N3O2/c1-6-12(8(3)21)7(2)19-14(6)15(22)20-9-4-10(16)13(18)11(17)5-9/h4-5,19H,18H2,1-3H3,(H,20,22). The van der Waals surface area contributed by atoms with Crippen molar-refractivity contribution in [1.29, 1.82) is 0 Å². The highest BCUT2D eigenvalue weighted by Gasteiger charge is 2.20. The van der Waals surface area contributed by atoms with E-state index in [0.717, 1.165) is 0 Å². The Morgan fingerprint density at radius 3 is 2.18 bits per heavy atom. The summed E-state index contributed by atoms with van der Waals surface area (Å²) >= 11 is 11.9. The van der Waals surface area contributed by atoms with Crippen LogP contribution in [0.3, 0.4) is 0 Å². The van der Waals surface area contributed by atoms with E-state index in [9.17, 15) is 9.59 Å². The number of hydrogen-bond acceptors (Lipinski definition) is 3. The van der Waals surface area contributed by atoms with E-state index in [2.05, 4.69) is 10.3 Å². The van der Waals surface area contributed by atoms with Gasteiger partial charge in [0.1, 0.15) is 5.69 Å². The second kappa shape index (κ2) is 6.02. The summed E-state index contributed by atoms with van der Waals surface area (Å²) in [5, 5.41) is 3.19. The van der Waals surface area contributed by atoms with Crippen molar-refractivity contribution < 1.29 is 9.59 Å². The molecule has 4 N–H and O–H groups in total. The zero-order chi connectivity index (χ0) is 16.6. The highest BCUT2D eigenvalue weighted by atomic mass is 35.5. The molecule has 0 radical (unpaired) electrons. The lowest BCUT2D eigenvalue weighted by Gasteiger charge is -2.08. The number of Topliss-reactive ketones (excluding diaryl/α,β-unsaturated/α-hetero) is 1. The van der Waals surface area contributed by atoms with Gasteiger partial charge >= 0.3 is 0 Å². The van der Waals surface area contributed by atoms with Crippen molar-refractivity contribution in [3.8, 4) is 0 Å². The molecule has 1 amide bonds. The molecule has 1 heterocycles. The highest BCUT2D eigenvalue weighted by molar-refractivity contribution is 6.39. The molecule has 1 aromatic carbocycles. The van der Waals surface area contributed by atoms with Gasteiger partial charge in [-0.2, -0.15) is 0 Å². The number of nitrogens with one attached hydrogen (secondary N) is 2. The highest BCUT2D eigenvalue weighted by Crippen LogP contribution is 2.31. The number of carbonyl (C=O) groups is 2. The first kappa shape index (κ1) is 16.4. The van der Waals surface area contributed by atoms with Crippen LogP contribution in [0.4, 0.5) is 11.4 Å². The molecule has 0 fully saturated rings. The third-order valence-corrected chi connectivity index (χ3v) is 3.98. The average molecular weight is 340 g/mol. The molecule has 0 aliphatic heterocycles. The third kappa shape index (κ3) is 2.96. The molecular formula is C15H15Cl2N3O2. The van der Waals surface area contributed by atoms with Crippen LogP contribution in [-0.4, -0.2) is 16.7 Å². The van der Waals surface area contributed by atoms with Gasteiger partial charge in [-0.3, -0.25) is 9.59 Å². The normalized spacial score (nSPS) is 10.6. The van der Waals surface area contributed by atoms with Gasteiger partial charge in [0.25, 0.3) is 5.91 Å². The molecule has 0 saturated heterocycles. The number of aromatic nitrogens is 1. The predicted molar refractivity (Wildman–Crippen MR) is 89.1 cm³/mol. The number of H-pyrrole nitrogens is 1. The molecule has 1 aromatic heterocycles. The molecular weight excluding hydrogens is 325 g/mol. The summed E-state index contributed by atoms with van der Waals surface area (Å²) < 4.78 is 0. The molecule has 0 aliphatic rings. The maximum Gasteiger partial charge on any atom is 0.272 e. The number of aromatic amines is 1. The first-order valence-corrected chi connectivity index (χ1v) is 7.24. The molecule has 0 bridgehead atoms. The van der Waals surface area contributed by atoms with Crippen molar-refractivity contribution in [1.82, 2.24) is 4.98 Å². The minimum Gasteiger partial charge on any atom is -0.396 e. The Hall–Kier alpha value is -1.98. The van der Waals surface area contributed by atoms with E-state index < -0.39 is 0 Å². The summed E-state index contributed by atoms with van der Waals surface area (Å²) in [6, 6.07) is 3.02. The van der Waals surface area contributed by atoms with Gasteiger partial charge in [-0.1, -0.05) is 23.2 Å². The van der Waals surface area contributed by atoms with Crippen LogP contribution in [-0.2, 0) is 0 Å². The molecule has 0 atom stereocenters. The van der Waals surface area contributed by atoms with Gasteiger partial charge in [-0.25, -0.2) is 0 Å². The number of aryl methyl sites for hydroxylation is 1. The Bertz CT molecular complexity index is 758. The van der Waals surface area contributed by atoms with Crippen molar-refractivity contribution >= 4 is 46.3 Å². The summed E-state index contributed by atoms with van der Waals surface area (Å²) in [5.74, 6) is -0.478. The van der Waals surface area contributed by atoms with Crippen LogP contribution < -0.4 is 11.1 Å². The number of nitrogen functional groups attached to an aromatic ring is 1. The van der Waals surface area contributed by atoms with Gasteiger partial charge in [0.15, 0.2) is 5.78 Å². The molecule has 0 unspecified atom stereocenters. The lowest BCUT2D eigenvalue weighted by molar-refractivity contribution is 0.101. The van der Waals surface area contributed by atoms with Gasteiger partial charge in [-0.05, 0) is 38.5 Å². The van der Waals surface area contributed by atoms with Crippen LogP contribution in [0, 0.1) is 13.8 Å². The Morgan fingerprint density at radius 1 is 1.18 bits per heavy atom. The maximum absolute atomic E-state index is 12.4. The lowest BCUT2D eigenvalue weighted by atomic mass is 10.1. The monoisotopic (exact) mass is 339 g/mol. The van der Waals surface area contributed by atoms with E-state index in [1.807, 2.05) is 0 Å². The maximum atomic E-state index is 12.4. The first-order valence-electron chi connectivity index (χ1n) is 6.48. The van der Waals surface area contributed by atoms with E-state index in [4.69, 9.17) is 28.9 Å². The zero-order valence-corrected chi connectivity index (χ0v) is 13.8. The molecule has 5 nitrogen and oxygen atoms in total. The fourth-order valence-electron chi connectivity index (χ4n) is 2.36. The van der Waals surface area contributed by atoms with E-state index in [1.165, 1.54) is 19.1 Å². The number of anilines is 2. The van der Waals surface area contributed by atoms with Gasteiger partial charge in [0, 0.05) is 16.9 Å². The van der Waals surface area contributed by atoms with E-state index in [-0.39, 0.29) is 27.4 Å². The Kier molecular flexibility index (Phi) is 4.49. The minimum absolute atomic E-state index is 0.0936. The van der Waals surface area contributed by atoms with Crippen LogP contribution in [0.1, 0.15) is 39.0 Å². The summed E-state index contributed by atoms with van der Waals surface area (Å²) in [6.07, 6.45) is 0. The zero-order valence-electron chi connectivity index (χ0n) is 12.3. The van der Waals surface area contributed by atoms with Crippen LogP contribution in [0.5, 0.6) is 0 Å². The van der Waals surface area contributed by atoms with Crippen LogP contribution in [0.15, 0.2) is 12.1 Å². The Morgan fingerprint density at radius 2 is 1.73 bits per heavy atom. The van der Waals surface area contributed by atoms with Crippen LogP contribution in [0.25, 0.3) is 0 Å². The van der Waals surface area contributed by atoms with E-state index >= 15 is 0 Å². The molecule has 2 aromatic rings. The van der Waals surface area contributed by atoms with E-state index in [1.54, 1.807) is 13.8 Å². The van der Waals surface area contributed by atoms with Gasteiger partial charge in [0.05, 0.1) is 15.7 Å². The smallest absolute Gasteiger partial charge is 0.272 e. The summed E-state index contributed by atoms with van der Waals surface area (Å²) in [7, 11) is 0. The van der Waals surface area contributed by atoms with Gasteiger partial charge < -0.3 is 16.0 Å². The molecule has 22 heavy (non-hydrogen) atoms. The van der Waals surface area contributed by atoms with Gasteiger partial charge in [0.2, 0.25) is 0 Å². The van der Waals surface area contributed by atoms with Crippen LogP contribution >= 0.6 is 23.2 Å². The lowest BCUT2D eigenvalue weighted by Crippen LogP contribution is -2.14. The average Bonchev–Trinajstić information content (AvgIpc) is 2.71. The van der Waals surface area contributed by atoms with Crippen molar-refractivity contribution in [2.75, 3.05) is 11.1 Å². The second-order valence-corrected chi connectivity index (χ2v) is 5.80. The number of nitrogens with two attached hydrogens (primary N) is 1. The number of hydrogen-bond donors (Lipinski definition) is 3. The quantitative estimate of drug-likeness (QED) is 0.583. The third-order valence-electron chi connectivity index (χ3n) is 3.35. The van der Waals surface area contributed by atoms with E-state index in [0.29, 0.717) is 28.2 Å². The SMILES string of the molecule is CC(=O)c1c(C)[nH]c(C(=O)Nc2cc(Cl)c(N)c(Cl)c2)c1C. The molecule has 7 heteroatoms. The summed E-state index contributed by atoms with van der Waals surface area (Å²) in [5.41, 5.74) is 8.45. The Balaban J connectivity index is 2.34. The molecule has 116 valence electrons. The molecule has 0 spiro atoms. The fourth-order valence-corrected chi connectivity index (χ4v) is 2.84. The minimum atomic E-state index is -0.384. The van der Waals surface area contributed by atoms with Gasteiger partial charge in [-0.15, -0.1) is 0 Å². The van der Waals surface area contributed by atoms with Crippen molar-refractivity contribution in [3.05, 3.63) is 44.7 Å². The number of ketones is 1. The fraction of sp³-hybridized carbons (Fsp3) is 0.200. The number of benzene rings is 1. The predicted octanol–water partition coefficient (Wildman–Crippen LogP) is 3.98. The Labute approximate surface area is 137 Å². The molecule has 0 aliphatic carbocycles. The van der Waals surface area contributed by atoms with Crippen molar-refractivity contribution in [2.45, 2.75) is 20.8 Å². The number of amides is 1. The van der Waals surface area contributed by atoms with Crippen molar-refractivity contribution in [3.63, 3.8) is 0 Å². The number of carbonyl (C=O) groups excluding carboxylic acids is 2. The van der Waals surface area contributed by atoms with Crippen LogP contribution in [0.2, 0.25) is 10.0 Å². The molecule has 2 rings (SSSR count). The first-order chi connectivity index (χ1) is 10.2. The number of rotatable bonds is 3. The topological polar surface area (TPSA) is 88.0 Å². The summed E-state index contributed by atoms with van der Waals surface area (Å²) in [6.45, 7) is 4.93. The number of halogens is 2.